The van der Waals surface area contributed by atoms with Crippen molar-refractivity contribution >= 4 is 39.9 Å². The van der Waals surface area contributed by atoms with Crippen LogP contribution in [0.25, 0.3) is 0 Å². The minimum absolute atomic E-state index is 0.119. The Morgan fingerprint density at radius 2 is 1.96 bits per heavy atom. The van der Waals surface area contributed by atoms with Crippen LogP contribution in [-0.2, 0) is 11.2 Å². The zero-order valence-corrected chi connectivity index (χ0v) is 16.2. The molecule has 0 aliphatic rings. The maximum atomic E-state index is 12.1. The number of carbonyl (C=O) groups is 2. The highest BCUT2D eigenvalue weighted by atomic mass is 35.5. The van der Waals surface area contributed by atoms with Gasteiger partial charge in [0, 0.05) is 28.1 Å². The summed E-state index contributed by atoms with van der Waals surface area (Å²) in [5.41, 5.74) is 2.52. The molecule has 0 unspecified atom stereocenters. The van der Waals surface area contributed by atoms with Gasteiger partial charge in [-0.2, -0.15) is 0 Å². The topological polar surface area (TPSA) is 71.1 Å². The second-order valence-electron chi connectivity index (χ2n) is 6.00. The summed E-state index contributed by atoms with van der Waals surface area (Å²) in [7, 11) is 0. The van der Waals surface area contributed by atoms with E-state index in [0.717, 1.165) is 16.0 Å². The lowest BCUT2D eigenvalue weighted by atomic mass is 10.1. The maximum absolute atomic E-state index is 12.1. The van der Waals surface area contributed by atoms with Gasteiger partial charge in [0.05, 0.1) is 6.54 Å². The molecule has 2 aromatic carbocycles. The summed E-state index contributed by atoms with van der Waals surface area (Å²) in [5, 5.41) is 6.51. The molecule has 7 heteroatoms. The Balaban J connectivity index is 1.52. The Hall–Kier alpha value is -2.70. The zero-order valence-electron chi connectivity index (χ0n) is 14.7. The quantitative estimate of drug-likeness (QED) is 0.656. The summed E-state index contributed by atoms with van der Waals surface area (Å²) in [5.74, 6) is -0.609. The first kappa shape index (κ1) is 19.1. The lowest BCUT2D eigenvalue weighted by Gasteiger charge is -2.05. The van der Waals surface area contributed by atoms with Gasteiger partial charge in [-0.25, -0.2) is 4.98 Å². The summed E-state index contributed by atoms with van der Waals surface area (Å²) in [6.45, 7) is 1.79. The standard InChI is InChI=1S/C20H18ClN3O2S/c1-13-5-4-7-15(9-13)19(26)22-12-18(25)24-20-23-11-16(27-20)10-14-6-2-3-8-17(14)21/h2-9,11H,10,12H2,1H3,(H,22,26)(H,23,24,25). The van der Waals surface area contributed by atoms with Gasteiger partial charge in [0.25, 0.3) is 5.91 Å². The minimum atomic E-state index is -0.324. The van der Waals surface area contributed by atoms with Crippen molar-refractivity contribution in [2.75, 3.05) is 11.9 Å². The number of nitrogens with zero attached hydrogens (tertiary/aromatic N) is 1. The molecule has 0 radical (unpaired) electrons. The van der Waals surface area contributed by atoms with Gasteiger partial charge in [-0.1, -0.05) is 47.5 Å². The molecule has 1 heterocycles. The highest BCUT2D eigenvalue weighted by molar-refractivity contribution is 7.15. The number of thiazole rings is 1. The van der Waals surface area contributed by atoms with Crippen LogP contribution in [0.3, 0.4) is 0 Å². The fourth-order valence-corrected chi connectivity index (χ4v) is 3.54. The van der Waals surface area contributed by atoms with Crippen LogP contribution in [0.5, 0.6) is 0 Å². The van der Waals surface area contributed by atoms with E-state index in [2.05, 4.69) is 15.6 Å². The van der Waals surface area contributed by atoms with Crippen molar-refractivity contribution in [3.05, 3.63) is 81.3 Å². The number of amides is 2. The highest BCUT2D eigenvalue weighted by Gasteiger charge is 2.11. The Labute approximate surface area is 166 Å². The molecule has 2 N–H and O–H groups in total. The first-order chi connectivity index (χ1) is 13.0. The van der Waals surface area contributed by atoms with E-state index in [0.29, 0.717) is 22.1 Å². The molecule has 3 aromatic rings. The third-order valence-corrected chi connectivity index (χ3v) is 5.09. The number of anilines is 1. The zero-order chi connectivity index (χ0) is 19.2. The maximum Gasteiger partial charge on any atom is 0.251 e. The van der Waals surface area contributed by atoms with Crippen molar-refractivity contribution in [3.8, 4) is 0 Å². The first-order valence-corrected chi connectivity index (χ1v) is 9.53. The van der Waals surface area contributed by atoms with Crippen molar-refractivity contribution < 1.29 is 9.59 Å². The average Bonchev–Trinajstić information content (AvgIpc) is 3.08. The van der Waals surface area contributed by atoms with Crippen LogP contribution < -0.4 is 10.6 Å². The number of aryl methyl sites for hydroxylation is 1. The third kappa shape index (κ3) is 5.39. The van der Waals surface area contributed by atoms with E-state index in [-0.39, 0.29) is 18.4 Å². The number of benzene rings is 2. The van der Waals surface area contributed by atoms with E-state index in [1.54, 1.807) is 24.4 Å². The largest absolute Gasteiger partial charge is 0.343 e. The summed E-state index contributed by atoms with van der Waals surface area (Å²) in [6.07, 6.45) is 2.37. The van der Waals surface area contributed by atoms with E-state index in [1.165, 1.54) is 11.3 Å². The monoisotopic (exact) mass is 399 g/mol. The van der Waals surface area contributed by atoms with Crippen LogP contribution in [0.2, 0.25) is 5.02 Å². The highest BCUT2D eigenvalue weighted by Crippen LogP contribution is 2.24. The Morgan fingerprint density at radius 3 is 2.74 bits per heavy atom. The molecular weight excluding hydrogens is 382 g/mol. The summed E-state index contributed by atoms with van der Waals surface area (Å²) in [4.78, 5) is 29.3. The van der Waals surface area contributed by atoms with Crippen molar-refractivity contribution in [3.63, 3.8) is 0 Å². The molecule has 0 saturated heterocycles. The predicted octanol–water partition coefficient (Wildman–Crippen LogP) is 4.06. The predicted molar refractivity (Wildman–Crippen MR) is 109 cm³/mol. The average molecular weight is 400 g/mol. The van der Waals surface area contributed by atoms with Gasteiger partial charge in [-0.05, 0) is 30.7 Å². The van der Waals surface area contributed by atoms with Crippen LogP contribution in [0.4, 0.5) is 5.13 Å². The second-order valence-corrected chi connectivity index (χ2v) is 7.52. The number of hydrogen-bond acceptors (Lipinski definition) is 4. The van der Waals surface area contributed by atoms with Crippen molar-refractivity contribution in [1.29, 1.82) is 0 Å². The molecular formula is C20H18ClN3O2S. The molecule has 3 rings (SSSR count). The van der Waals surface area contributed by atoms with E-state index >= 15 is 0 Å². The summed E-state index contributed by atoms with van der Waals surface area (Å²) >= 11 is 7.55. The molecule has 0 saturated carbocycles. The van der Waals surface area contributed by atoms with E-state index in [9.17, 15) is 9.59 Å². The number of rotatable bonds is 6. The molecule has 0 atom stereocenters. The molecule has 0 aliphatic carbocycles. The van der Waals surface area contributed by atoms with Crippen molar-refractivity contribution in [2.24, 2.45) is 0 Å². The Morgan fingerprint density at radius 1 is 1.15 bits per heavy atom. The molecule has 5 nitrogen and oxygen atoms in total. The normalized spacial score (nSPS) is 10.4. The fourth-order valence-electron chi connectivity index (χ4n) is 2.49. The smallest absolute Gasteiger partial charge is 0.251 e. The number of hydrogen-bond donors (Lipinski definition) is 2. The van der Waals surface area contributed by atoms with Gasteiger partial charge in [-0.3, -0.25) is 9.59 Å². The molecule has 2 amide bonds. The number of carbonyl (C=O) groups excluding carboxylic acids is 2. The van der Waals surface area contributed by atoms with E-state index < -0.39 is 0 Å². The van der Waals surface area contributed by atoms with Crippen LogP contribution in [0.1, 0.15) is 26.4 Å². The molecule has 27 heavy (non-hydrogen) atoms. The van der Waals surface area contributed by atoms with E-state index in [1.807, 2.05) is 37.3 Å². The third-order valence-electron chi connectivity index (χ3n) is 3.81. The molecule has 0 aliphatic heterocycles. The Bertz CT molecular complexity index is 971. The van der Waals surface area contributed by atoms with Gasteiger partial charge >= 0.3 is 0 Å². The molecule has 0 bridgehead atoms. The van der Waals surface area contributed by atoms with Crippen molar-refractivity contribution in [1.82, 2.24) is 10.3 Å². The van der Waals surface area contributed by atoms with Crippen LogP contribution in [0, 0.1) is 6.92 Å². The molecule has 0 spiro atoms. The van der Waals surface area contributed by atoms with Gasteiger partial charge in [0.15, 0.2) is 5.13 Å². The molecule has 0 fully saturated rings. The van der Waals surface area contributed by atoms with Gasteiger partial charge < -0.3 is 10.6 Å². The van der Waals surface area contributed by atoms with Crippen LogP contribution >= 0.6 is 22.9 Å². The number of nitrogens with one attached hydrogen (secondary N) is 2. The molecule has 1 aromatic heterocycles. The summed E-state index contributed by atoms with van der Waals surface area (Å²) in [6, 6.07) is 14.8. The van der Waals surface area contributed by atoms with Crippen molar-refractivity contribution in [2.45, 2.75) is 13.3 Å². The Kier molecular flexibility index (Phi) is 6.21. The summed E-state index contributed by atoms with van der Waals surface area (Å²) < 4.78 is 0. The van der Waals surface area contributed by atoms with Gasteiger partial charge in [-0.15, -0.1) is 11.3 Å². The lowest BCUT2D eigenvalue weighted by Crippen LogP contribution is -2.32. The molecule has 138 valence electrons. The van der Waals surface area contributed by atoms with Gasteiger partial charge in [0.2, 0.25) is 5.91 Å². The minimum Gasteiger partial charge on any atom is -0.343 e. The van der Waals surface area contributed by atoms with E-state index in [4.69, 9.17) is 11.6 Å². The number of aromatic nitrogens is 1. The SMILES string of the molecule is Cc1cccc(C(=O)NCC(=O)Nc2ncc(Cc3ccccc3Cl)s2)c1. The van der Waals surface area contributed by atoms with Gasteiger partial charge in [0.1, 0.15) is 0 Å². The number of halogens is 1. The van der Waals surface area contributed by atoms with Crippen LogP contribution in [0.15, 0.2) is 54.7 Å². The second kappa shape index (κ2) is 8.79. The lowest BCUT2D eigenvalue weighted by molar-refractivity contribution is -0.115. The van der Waals surface area contributed by atoms with Crippen LogP contribution in [-0.4, -0.2) is 23.3 Å². The fraction of sp³-hybridized carbons (Fsp3) is 0.150. The first-order valence-electron chi connectivity index (χ1n) is 8.34.